The van der Waals surface area contributed by atoms with E-state index in [9.17, 15) is 18.8 Å². The number of nitrogens with one attached hydrogen (secondary N) is 3. The van der Waals surface area contributed by atoms with Gasteiger partial charge in [0.15, 0.2) is 0 Å². The average molecular weight is 324 g/mol. The van der Waals surface area contributed by atoms with Gasteiger partial charge < -0.3 is 21.7 Å². The molecule has 0 unspecified atom stereocenters. The van der Waals surface area contributed by atoms with E-state index in [1.165, 1.54) is 13.0 Å². The highest BCUT2D eigenvalue weighted by Gasteiger charge is 2.17. The van der Waals surface area contributed by atoms with Crippen molar-refractivity contribution in [2.24, 2.45) is 5.73 Å². The van der Waals surface area contributed by atoms with Gasteiger partial charge >= 0.3 is 6.03 Å². The third-order valence-corrected chi connectivity index (χ3v) is 3.23. The summed E-state index contributed by atoms with van der Waals surface area (Å²) in [5.41, 5.74) is 4.89. The summed E-state index contributed by atoms with van der Waals surface area (Å²) < 4.78 is 13.3. The number of rotatable bonds is 6. The molecule has 0 spiro atoms. The van der Waals surface area contributed by atoms with E-state index in [-0.39, 0.29) is 23.2 Å². The van der Waals surface area contributed by atoms with Gasteiger partial charge in [-0.05, 0) is 38.5 Å². The molecular formula is C15H21FN4O3. The smallest absolute Gasteiger partial charge is 0.319 e. The molecule has 23 heavy (non-hydrogen) atoms. The summed E-state index contributed by atoms with van der Waals surface area (Å²) in [6.07, 6.45) is 0.774. The average Bonchev–Trinajstić information content (AvgIpc) is 2.48. The fraction of sp³-hybridized carbons (Fsp3) is 0.400. The molecule has 0 saturated carbocycles. The van der Waals surface area contributed by atoms with Gasteiger partial charge in [0.2, 0.25) is 5.91 Å². The van der Waals surface area contributed by atoms with Gasteiger partial charge in [-0.1, -0.05) is 6.92 Å². The maximum Gasteiger partial charge on any atom is 0.319 e. The molecule has 7 nitrogen and oxygen atoms in total. The molecular weight excluding hydrogens is 303 g/mol. The number of benzene rings is 1. The number of halogens is 1. The molecule has 0 radical (unpaired) electrons. The van der Waals surface area contributed by atoms with Crippen LogP contribution in [0.4, 0.5) is 14.9 Å². The molecule has 0 heterocycles. The largest absolute Gasteiger partial charge is 0.366 e. The quantitative estimate of drug-likeness (QED) is 0.633. The summed E-state index contributed by atoms with van der Waals surface area (Å²) in [6.45, 7) is 5.33. The standard InChI is InChI=1S/C15H21FN4O3/c1-4-8(2)18-14(22)9(3)19-15(23)20-10-5-6-12(16)11(7-10)13(17)21/h5-9H,4H2,1-3H3,(H2,17,21)(H,18,22)(H2,19,20,23)/t8-,9+/m1/s1. The Morgan fingerprint density at radius 3 is 2.43 bits per heavy atom. The maximum atomic E-state index is 13.3. The number of primary amides is 1. The van der Waals surface area contributed by atoms with E-state index in [2.05, 4.69) is 16.0 Å². The van der Waals surface area contributed by atoms with Gasteiger partial charge in [0.1, 0.15) is 11.9 Å². The van der Waals surface area contributed by atoms with Gasteiger partial charge in [0, 0.05) is 11.7 Å². The van der Waals surface area contributed by atoms with Gasteiger partial charge in [0.25, 0.3) is 5.91 Å². The topological polar surface area (TPSA) is 113 Å². The van der Waals surface area contributed by atoms with Crippen molar-refractivity contribution in [2.45, 2.75) is 39.3 Å². The second-order valence-corrected chi connectivity index (χ2v) is 5.20. The highest BCUT2D eigenvalue weighted by molar-refractivity contribution is 5.97. The summed E-state index contributed by atoms with van der Waals surface area (Å²) in [6, 6.07) is 2.03. The summed E-state index contributed by atoms with van der Waals surface area (Å²) >= 11 is 0. The minimum absolute atomic E-state index is 0.00466. The van der Waals surface area contributed by atoms with Crippen LogP contribution in [0.3, 0.4) is 0 Å². The van der Waals surface area contributed by atoms with Gasteiger partial charge in [0.05, 0.1) is 5.56 Å². The summed E-state index contributed by atoms with van der Waals surface area (Å²) in [4.78, 5) is 34.7. The first kappa shape index (κ1) is 18.4. The van der Waals surface area contributed by atoms with Gasteiger partial charge in [-0.2, -0.15) is 0 Å². The van der Waals surface area contributed by atoms with E-state index in [4.69, 9.17) is 5.73 Å². The monoisotopic (exact) mass is 324 g/mol. The predicted octanol–water partition coefficient (Wildman–Crippen LogP) is 1.35. The Balaban J connectivity index is 2.65. The number of anilines is 1. The van der Waals surface area contributed by atoms with Crippen LogP contribution in [0.2, 0.25) is 0 Å². The zero-order valence-electron chi connectivity index (χ0n) is 13.3. The SMILES string of the molecule is CC[C@@H](C)NC(=O)[C@H](C)NC(=O)Nc1ccc(F)c(C(N)=O)c1. The highest BCUT2D eigenvalue weighted by Crippen LogP contribution is 2.14. The van der Waals surface area contributed by atoms with Crippen molar-refractivity contribution < 1.29 is 18.8 Å². The Hall–Kier alpha value is -2.64. The van der Waals surface area contributed by atoms with E-state index in [1.807, 2.05) is 13.8 Å². The highest BCUT2D eigenvalue weighted by atomic mass is 19.1. The van der Waals surface area contributed by atoms with Crippen LogP contribution in [-0.4, -0.2) is 29.9 Å². The minimum atomic E-state index is -0.937. The molecule has 0 bridgehead atoms. The van der Waals surface area contributed by atoms with Crippen molar-refractivity contribution >= 4 is 23.5 Å². The zero-order valence-corrected chi connectivity index (χ0v) is 13.3. The molecule has 8 heteroatoms. The summed E-state index contributed by atoms with van der Waals surface area (Å²) in [7, 11) is 0. The van der Waals surface area contributed by atoms with E-state index in [0.29, 0.717) is 0 Å². The summed E-state index contributed by atoms with van der Waals surface area (Å²) in [5, 5.41) is 7.60. The Morgan fingerprint density at radius 2 is 1.87 bits per heavy atom. The predicted molar refractivity (Wildman–Crippen MR) is 84.4 cm³/mol. The molecule has 0 aliphatic heterocycles. The molecule has 1 aromatic rings. The van der Waals surface area contributed by atoms with Crippen molar-refractivity contribution in [3.63, 3.8) is 0 Å². The van der Waals surface area contributed by atoms with Crippen LogP contribution in [0.5, 0.6) is 0 Å². The van der Waals surface area contributed by atoms with Crippen LogP contribution in [0, 0.1) is 5.82 Å². The zero-order chi connectivity index (χ0) is 17.6. The number of hydrogen-bond donors (Lipinski definition) is 4. The van der Waals surface area contributed by atoms with Gasteiger partial charge in [-0.15, -0.1) is 0 Å². The van der Waals surface area contributed by atoms with Crippen molar-refractivity contribution in [3.05, 3.63) is 29.6 Å². The van der Waals surface area contributed by atoms with Crippen LogP contribution < -0.4 is 21.7 Å². The number of urea groups is 1. The van der Waals surface area contributed by atoms with Gasteiger partial charge in [-0.3, -0.25) is 9.59 Å². The van der Waals surface area contributed by atoms with E-state index < -0.39 is 23.8 Å². The molecule has 0 fully saturated rings. The Labute approximate surface area is 133 Å². The number of amides is 4. The molecule has 1 rings (SSSR count). The molecule has 0 saturated heterocycles. The number of carbonyl (C=O) groups excluding carboxylic acids is 3. The van der Waals surface area contributed by atoms with Crippen molar-refractivity contribution in [1.82, 2.24) is 10.6 Å². The third kappa shape index (κ3) is 5.57. The van der Waals surface area contributed by atoms with Crippen molar-refractivity contribution in [3.8, 4) is 0 Å². The first-order valence-electron chi connectivity index (χ1n) is 7.21. The van der Waals surface area contributed by atoms with Crippen LogP contribution in [-0.2, 0) is 4.79 Å². The van der Waals surface area contributed by atoms with Crippen LogP contribution in [0.15, 0.2) is 18.2 Å². The molecule has 4 amide bonds. The minimum Gasteiger partial charge on any atom is -0.366 e. The second-order valence-electron chi connectivity index (χ2n) is 5.20. The Kier molecular flexibility index (Phi) is 6.49. The maximum absolute atomic E-state index is 13.3. The van der Waals surface area contributed by atoms with Crippen molar-refractivity contribution in [1.29, 1.82) is 0 Å². The van der Waals surface area contributed by atoms with Crippen LogP contribution >= 0.6 is 0 Å². The van der Waals surface area contributed by atoms with Crippen LogP contribution in [0.25, 0.3) is 0 Å². The lowest BCUT2D eigenvalue weighted by atomic mass is 10.2. The molecule has 1 aromatic carbocycles. The normalized spacial score (nSPS) is 12.9. The van der Waals surface area contributed by atoms with E-state index in [0.717, 1.165) is 18.6 Å². The fourth-order valence-electron chi connectivity index (χ4n) is 1.69. The lowest BCUT2D eigenvalue weighted by molar-refractivity contribution is -0.123. The lowest BCUT2D eigenvalue weighted by Gasteiger charge is -2.17. The molecule has 126 valence electrons. The lowest BCUT2D eigenvalue weighted by Crippen LogP contribution is -2.48. The van der Waals surface area contributed by atoms with Crippen LogP contribution in [0.1, 0.15) is 37.6 Å². The molecule has 2 atom stereocenters. The number of hydrogen-bond acceptors (Lipinski definition) is 3. The Morgan fingerprint density at radius 1 is 1.22 bits per heavy atom. The van der Waals surface area contributed by atoms with Gasteiger partial charge in [-0.25, -0.2) is 9.18 Å². The van der Waals surface area contributed by atoms with E-state index >= 15 is 0 Å². The van der Waals surface area contributed by atoms with E-state index in [1.54, 1.807) is 0 Å². The number of nitrogens with two attached hydrogens (primary N) is 1. The third-order valence-electron chi connectivity index (χ3n) is 3.23. The Bertz CT molecular complexity index is 606. The molecule has 0 aromatic heterocycles. The van der Waals surface area contributed by atoms with Crippen molar-refractivity contribution in [2.75, 3.05) is 5.32 Å². The first-order chi connectivity index (χ1) is 10.7. The molecule has 0 aliphatic carbocycles. The number of carbonyl (C=O) groups is 3. The summed E-state index contributed by atoms with van der Waals surface area (Å²) in [5.74, 6) is -2.02. The fourth-order valence-corrected chi connectivity index (χ4v) is 1.69. The second kappa shape index (κ2) is 8.11. The molecule has 5 N–H and O–H groups in total. The molecule has 0 aliphatic rings. The first-order valence-corrected chi connectivity index (χ1v) is 7.21.